The number of fused-ring (bicyclic) bond motifs is 1. The molecule has 1 aromatic carbocycles. The SMILES string of the molecule is CCN(C)C(=O)N[C@H](Cc1c[nH]c2ccccc12)C(=O)O. The summed E-state index contributed by atoms with van der Waals surface area (Å²) in [7, 11) is 1.62. The number of urea groups is 1. The molecular formula is C15H19N3O3. The van der Waals surface area contributed by atoms with Gasteiger partial charge >= 0.3 is 12.0 Å². The molecule has 0 bridgehead atoms. The second kappa shape index (κ2) is 6.30. The fraction of sp³-hybridized carbons (Fsp3) is 0.333. The van der Waals surface area contributed by atoms with Crippen molar-refractivity contribution in [3.63, 3.8) is 0 Å². The van der Waals surface area contributed by atoms with Gasteiger partial charge < -0.3 is 20.3 Å². The van der Waals surface area contributed by atoms with Gasteiger partial charge in [-0.3, -0.25) is 0 Å². The number of benzene rings is 1. The second-order valence-corrected chi connectivity index (χ2v) is 4.92. The van der Waals surface area contributed by atoms with Crippen molar-refractivity contribution in [2.75, 3.05) is 13.6 Å². The maximum Gasteiger partial charge on any atom is 0.326 e. The Hall–Kier alpha value is -2.50. The number of carboxylic acid groups (broad SMARTS) is 1. The van der Waals surface area contributed by atoms with Gasteiger partial charge in [0, 0.05) is 37.1 Å². The summed E-state index contributed by atoms with van der Waals surface area (Å²) in [5, 5.41) is 12.8. The van der Waals surface area contributed by atoms with E-state index in [9.17, 15) is 14.7 Å². The molecule has 0 aliphatic rings. The van der Waals surface area contributed by atoms with Crippen LogP contribution in [0.4, 0.5) is 4.79 Å². The average molecular weight is 289 g/mol. The molecule has 2 rings (SSSR count). The number of amides is 2. The normalized spacial score (nSPS) is 12.1. The van der Waals surface area contributed by atoms with Crippen LogP contribution >= 0.6 is 0 Å². The lowest BCUT2D eigenvalue weighted by atomic mass is 10.1. The van der Waals surface area contributed by atoms with Crippen LogP contribution in [0.1, 0.15) is 12.5 Å². The van der Waals surface area contributed by atoms with Gasteiger partial charge in [-0.2, -0.15) is 0 Å². The molecule has 0 saturated heterocycles. The molecule has 2 aromatic rings. The molecule has 112 valence electrons. The monoisotopic (exact) mass is 289 g/mol. The average Bonchev–Trinajstić information content (AvgIpc) is 2.88. The highest BCUT2D eigenvalue weighted by molar-refractivity contribution is 5.86. The highest BCUT2D eigenvalue weighted by Gasteiger charge is 2.22. The zero-order chi connectivity index (χ0) is 15.4. The highest BCUT2D eigenvalue weighted by Crippen LogP contribution is 2.19. The highest BCUT2D eigenvalue weighted by atomic mass is 16.4. The summed E-state index contributed by atoms with van der Waals surface area (Å²) < 4.78 is 0. The second-order valence-electron chi connectivity index (χ2n) is 4.92. The van der Waals surface area contributed by atoms with Gasteiger partial charge in [-0.1, -0.05) is 18.2 Å². The van der Waals surface area contributed by atoms with Gasteiger partial charge in [0.15, 0.2) is 0 Å². The Kier molecular flexibility index (Phi) is 4.47. The molecule has 1 aromatic heterocycles. The van der Waals surface area contributed by atoms with Crippen molar-refractivity contribution in [1.82, 2.24) is 15.2 Å². The summed E-state index contributed by atoms with van der Waals surface area (Å²) in [4.78, 5) is 27.7. The Morgan fingerprint density at radius 3 is 2.76 bits per heavy atom. The molecule has 21 heavy (non-hydrogen) atoms. The molecule has 0 spiro atoms. The van der Waals surface area contributed by atoms with Crippen molar-refractivity contribution in [3.05, 3.63) is 36.0 Å². The number of nitrogens with zero attached hydrogens (tertiary/aromatic N) is 1. The van der Waals surface area contributed by atoms with E-state index in [2.05, 4.69) is 10.3 Å². The zero-order valence-corrected chi connectivity index (χ0v) is 12.1. The number of carboxylic acids is 1. The summed E-state index contributed by atoms with van der Waals surface area (Å²) in [6.45, 7) is 2.35. The standard InChI is InChI=1S/C15H19N3O3/c1-3-18(2)15(21)17-13(14(19)20)8-10-9-16-12-7-5-4-6-11(10)12/h4-7,9,13,16H,3,8H2,1-2H3,(H,17,21)(H,19,20)/t13-/m1/s1. The molecule has 0 aliphatic carbocycles. The lowest BCUT2D eigenvalue weighted by Gasteiger charge is -2.20. The molecule has 1 atom stereocenters. The number of nitrogens with one attached hydrogen (secondary N) is 2. The minimum atomic E-state index is -1.04. The number of hydrogen-bond donors (Lipinski definition) is 3. The third kappa shape index (κ3) is 3.34. The molecule has 6 heteroatoms. The van der Waals surface area contributed by atoms with Gasteiger partial charge in [0.25, 0.3) is 0 Å². The van der Waals surface area contributed by atoms with Crippen LogP contribution in [0.15, 0.2) is 30.5 Å². The summed E-state index contributed by atoms with van der Waals surface area (Å²) in [6, 6.07) is 6.34. The first-order chi connectivity index (χ1) is 10.0. The number of hydrogen-bond acceptors (Lipinski definition) is 2. The summed E-state index contributed by atoms with van der Waals surface area (Å²) in [6.07, 6.45) is 2.03. The third-order valence-corrected chi connectivity index (χ3v) is 3.52. The van der Waals surface area contributed by atoms with Crippen LogP contribution in [-0.4, -0.2) is 46.6 Å². The Labute approximate surface area is 122 Å². The van der Waals surface area contributed by atoms with Crippen LogP contribution in [0.3, 0.4) is 0 Å². The van der Waals surface area contributed by atoms with Crippen LogP contribution < -0.4 is 5.32 Å². The van der Waals surface area contributed by atoms with Crippen LogP contribution in [0.2, 0.25) is 0 Å². The van der Waals surface area contributed by atoms with E-state index in [1.54, 1.807) is 13.2 Å². The first-order valence-corrected chi connectivity index (χ1v) is 6.82. The van der Waals surface area contributed by atoms with E-state index in [1.807, 2.05) is 31.2 Å². The van der Waals surface area contributed by atoms with Gasteiger partial charge in [0.2, 0.25) is 0 Å². The lowest BCUT2D eigenvalue weighted by molar-refractivity contribution is -0.139. The Bertz CT molecular complexity index is 650. The van der Waals surface area contributed by atoms with E-state index in [0.717, 1.165) is 16.5 Å². The summed E-state index contributed by atoms with van der Waals surface area (Å²) >= 11 is 0. The van der Waals surface area contributed by atoms with Crippen molar-refractivity contribution in [2.24, 2.45) is 0 Å². The van der Waals surface area contributed by atoms with Crippen molar-refractivity contribution < 1.29 is 14.7 Å². The number of carbonyl (C=O) groups excluding carboxylic acids is 1. The van der Waals surface area contributed by atoms with E-state index in [1.165, 1.54) is 4.90 Å². The molecule has 0 radical (unpaired) electrons. The van der Waals surface area contributed by atoms with Crippen LogP contribution in [0, 0.1) is 0 Å². The fourth-order valence-corrected chi connectivity index (χ4v) is 2.12. The molecule has 3 N–H and O–H groups in total. The first kappa shape index (κ1) is 14.9. The molecule has 0 aliphatic heterocycles. The Morgan fingerprint density at radius 1 is 1.38 bits per heavy atom. The van der Waals surface area contributed by atoms with E-state index in [0.29, 0.717) is 6.54 Å². The topological polar surface area (TPSA) is 85.4 Å². The Morgan fingerprint density at radius 2 is 2.10 bits per heavy atom. The number of aliphatic carboxylic acids is 1. The fourth-order valence-electron chi connectivity index (χ4n) is 2.12. The quantitative estimate of drug-likeness (QED) is 0.785. The van der Waals surface area contributed by atoms with Crippen molar-refractivity contribution in [3.8, 4) is 0 Å². The molecule has 0 fully saturated rings. The molecule has 0 saturated carbocycles. The Balaban J connectivity index is 2.17. The van der Waals surface area contributed by atoms with Gasteiger partial charge in [0.1, 0.15) is 6.04 Å². The summed E-state index contributed by atoms with van der Waals surface area (Å²) in [5.41, 5.74) is 1.83. The maximum absolute atomic E-state index is 11.8. The number of aromatic amines is 1. The van der Waals surface area contributed by atoms with Crippen LogP contribution in [0.5, 0.6) is 0 Å². The first-order valence-electron chi connectivity index (χ1n) is 6.82. The predicted molar refractivity (Wildman–Crippen MR) is 80.3 cm³/mol. The van der Waals surface area contributed by atoms with Crippen LogP contribution in [0.25, 0.3) is 10.9 Å². The number of rotatable bonds is 5. The van der Waals surface area contributed by atoms with Crippen molar-refractivity contribution >= 4 is 22.9 Å². The number of para-hydroxylation sites is 1. The molecule has 1 heterocycles. The molecule has 6 nitrogen and oxygen atoms in total. The predicted octanol–water partition coefficient (Wildman–Crippen LogP) is 1.82. The van der Waals surface area contributed by atoms with Gasteiger partial charge in [-0.05, 0) is 18.6 Å². The largest absolute Gasteiger partial charge is 0.480 e. The van der Waals surface area contributed by atoms with Crippen LogP contribution in [-0.2, 0) is 11.2 Å². The third-order valence-electron chi connectivity index (χ3n) is 3.52. The van der Waals surface area contributed by atoms with E-state index >= 15 is 0 Å². The summed E-state index contributed by atoms with van der Waals surface area (Å²) in [5.74, 6) is -1.04. The van der Waals surface area contributed by atoms with E-state index in [-0.39, 0.29) is 12.5 Å². The number of aromatic nitrogens is 1. The van der Waals surface area contributed by atoms with E-state index < -0.39 is 12.0 Å². The minimum absolute atomic E-state index is 0.239. The number of H-pyrrole nitrogens is 1. The van der Waals surface area contributed by atoms with E-state index in [4.69, 9.17) is 0 Å². The minimum Gasteiger partial charge on any atom is -0.480 e. The lowest BCUT2D eigenvalue weighted by Crippen LogP contribution is -2.47. The van der Waals surface area contributed by atoms with Crippen molar-refractivity contribution in [1.29, 1.82) is 0 Å². The molecule has 2 amide bonds. The zero-order valence-electron chi connectivity index (χ0n) is 12.1. The smallest absolute Gasteiger partial charge is 0.326 e. The van der Waals surface area contributed by atoms with Gasteiger partial charge in [0.05, 0.1) is 0 Å². The van der Waals surface area contributed by atoms with Gasteiger partial charge in [-0.15, -0.1) is 0 Å². The number of carbonyl (C=O) groups is 2. The van der Waals surface area contributed by atoms with Gasteiger partial charge in [-0.25, -0.2) is 9.59 Å². The maximum atomic E-state index is 11.8. The molecular weight excluding hydrogens is 270 g/mol. The van der Waals surface area contributed by atoms with Crippen molar-refractivity contribution in [2.45, 2.75) is 19.4 Å². The molecule has 0 unspecified atom stereocenters.